The molecule has 0 aromatic heterocycles. The SMILES string of the molecule is C=C(C)C(CC(C)C)CN(C)OC. The van der Waals surface area contributed by atoms with Gasteiger partial charge in [0.05, 0.1) is 7.11 Å². The Bertz CT molecular complexity index is 154. The van der Waals surface area contributed by atoms with E-state index >= 15 is 0 Å². The molecular formula is C11H23NO. The van der Waals surface area contributed by atoms with Gasteiger partial charge in [0.25, 0.3) is 0 Å². The summed E-state index contributed by atoms with van der Waals surface area (Å²) < 4.78 is 0. The number of hydrogen-bond acceptors (Lipinski definition) is 2. The predicted octanol–water partition coefficient (Wildman–Crippen LogP) is 2.72. The van der Waals surface area contributed by atoms with Gasteiger partial charge in [0.1, 0.15) is 0 Å². The van der Waals surface area contributed by atoms with Crippen molar-refractivity contribution in [3.8, 4) is 0 Å². The van der Waals surface area contributed by atoms with Crippen molar-refractivity contribution in [1.82, 2.24) is 5.06 Å². The summed E-state index contributed by atoms with van der Waals surface area (Å²) in [5, 5.41) is 1.86. The maximum Gasteiger partial charge on any atom is 0.0575 e. The lowest BCUT2D eigenvalue weighted by Gasteiger charge is -2.23. The van der Waals surface area contributed by atoms with Crippen LogP contribution in [0.5, 0.6) is 0 Å². The molecule has 0 aromatic rings. The summed E-state index contributed by atoms with van der Waals surface area (Å²) in [5.41, 5.74) is 1.25. The van der Waals surface area contributed by atoms with E-state index in [9.17, 15) is 0 Å². The van der Waals surface area contributed by atoms with Gasteiger partial charge in [-0.1, -0.05) is 26.0 Å². The van der Waals surface area contributed by atoms with E-state index in [1.165, 1.54) is 12.0 Å². The molecule has 2 heteroatoms. The maximum absolute atomic E-state index is 5.10. The van der Waals surface area contributed by atoms with Crippen molar-refractivity contribution in [2.75, 3.05) is 20.7 Å². The number of nitrogens with zero attached hydrogens (tertiary/aromatic N) is 1. The lowest BCUT2D eigenvalue weighted by Crippen LogP contribution is -2.26. The van der Waals surface area contributed by atoms with Gasteiger partial charge < -0.3 is 4.84 Å². The average Bonchev–Trinajstić information content (AvgIpc) is 2.02. The first kappa shape index (κ1) is 12.7. The standard InChI is InChI=1S/C11H23NO/c1-9(2)7-11(10(3)4)8-12(5)13-6/h9,11H,3,7-8H2,1-2,4-6H3. The molecule has 13 heavy (non-hydrogen) atoms. The van der Waals surface area contributed by atoms with Crippen LogP contribution in [0.2, 0.25) is 0 Å². The molecule has 1 unspecified atom stereocenters. The molecule has 0 saturated heterocycles. The Labute approximate surface area is 82.5 Å². The van der Waals surface area contributed by atoms with Gasteiger partial charge in [-0.25, -0.2) is 0 Å². The zero-order valence-electron chi connectivity index (χ0n) is 9.63. The summed E-state index contributed by atoms with van der Waals surface area (Å²) in [4.78, 5) is 5.10. The largest absolute Gasteiger partial charge is 0.303 e. The van der Waals surface area contributed by atoms with E-state index in [1.54, 1.807) is 7.11 Å². The minimum Gasteiger partial charge on any atom is -0.303 e. The van der Waals surface area contributed by atoms with Gasteiger partial charge in [-0.05, 0) is 25.2 Å². The molecule has 0 aliphatic rings. The zero-order chi connectivity index (χ0) is 10.4. The molecule has 0 aliphatic heterocycles. The van der Waals surface area contributed by atoms with Crippen LogP contribution in [0.25, 0.3) is 0 Å². The summed E-state index contributed by atoms with van der Waals surface area (Å²) in [5.74, 6) is 1.26. The highest BCUT2D eigenvalue weighted by atomic mass is 16.7. The molecule has 0 radical (unpaired) electrons. The van der Waals surface area contributed by atoms with Crippen LogP contribution in [0.3, 0.4) is 0 Å². The predicted molar refractivity (Wildman–Crippen MR) is 57.4 cm³/mol. The first-order valence-electron chi connectivity index (χ1n) is 4.88. The van der Waals surface area contributed by atoms with E-state index in [4.69, 9.17) is 4.84 Å². The summed E-state index contributed by atoms with van der Waals surface area (Å²) in [6.45, 7) is 11.5. The Morgan fingerprint density at radius 3 is 2.31 bits per heavy atom. The third-order valence-corrected chi connectivity index (χ3v) is 2.24. The molecule has 2 nitrogen and oxygen atoms in total. The highest BCUT2D eigenvalue weighted by Crippen LogP contribution is 2.19. The summed E-state index contributed by atoms with van der Waals surface area (Å²) in [6.07, 6.45) is 1.18. The molecule has 0 aliphatic carbocycles. The highest BCUT2D eigenvalue weighted by molar-refractivity contribution is 4.97. The molecule has 0 N–H and O–H groups in total. The smallest absolute Gasteiger partial charge is 0.0575 e. The van der Waals surface area contributed by atoms with Gasteiger partial charge in [0, 0.05) is 13.6 Å². The van der Waals surface area contributed by atoms with Crippen LogP contribution < -0.4 is 0 Å². The van der Waals surface area contributed by atoms with Gasteiger partial charge >= 0.3 is 0 Å². The third-order valence-electron chi connectivity index (χ3n) is 2.24. The second-order valence-corrected chi connectivity index (χ2v) is 4.17. The molecule has 0 spiro atoms. The van der Waals surface area contributed by atoms with Crippen molar-refractivity contribution in [3.63, 3.8) is 0 Å². The van der Waals surface area contributed by atoms with E-state index in [0.29, 0.717) is 11.8 Å². The second kappa shape index (κ2) is 6.17. The molecule has 0 aromatic carbocycles. The number of hydroxylamine groups is 2. The normalized spacial score (nSPS) is 13.8. The fourth-order valence-electron chi connectivity index (χ4n) is 1.39. The minimum atomic E-state index is 0.546. The number of hydrogen-bond donors (Lipinski definition) is 0. The third kappa shape index (κ3) is 5.83. The monoisotopic (exact) mass is 185 g/mol. The first-order chi connectivity index (χ1) is 5.97. The van der Waals surface area contributed by atoms with Crippen LogP contribution in [0, 0.1) is 11.8 Å². The van der Waals surface area contributed by atoms with Crippen LogP contribution in [0.15, 0.2) is 12.2 Å². The maximum atomic E-state index is 5.10. The van der Waals surface area contributed by atoms with E-state index in [1.807, 2.05) is 12.1 Å². The Morgan fingerprint density at radius 1 is 1.46 bits per heavy atom. The van der Waals surface area contributed by atoms with E-state index < -0.39 is 0 Å². The van der Waals surface area contributed by atoms with Crippen LogP contribution >= 0.6 is 0 Å². The van der Waals surface area contributed by atoms with Crippen molar-refractivity contribution in [2.24, 2.45) is 11.8 Å². The Hall–Kier alpha value is -0.340. The summed E-state index contributed by atoms with van der Waals surface area (Å²) >= 11 is 0. The topological polar surface area (TPSA) is 12.5 Å². The van der Waals surface area contributed by atoms with Crippen molar-refractivity contribution in [1.29, 1.82) is 0 Å². The van der Waals surface area contributed by atoms with Crippen molar-refractivity contribution in [2.45, 2.75) is 27.2 Å². The van der Waals surface area contributed by atoms with Gasteiger partial charge in [0.2, 0.25) is 0 Å². The zero-order valence-corrected chi connectivity index (χ0v) is 9.63. The van der Waals surface area contributed by atoms with Crippen molar-refractivity contribution >= 4 is 0 Å². The fourth-order valence-corrected chi connectivity index (χ4v) is 1.39. The first-order valence-corrected chi connectivity index (χ1v) is 4.88. The van der Waals surface area contributed by atoms with Crippen LogP contribution in [0.1, 0.15) is 27.2 Å². The lowest BCUT2D eigenvalue weighted by atomic mass is 9.92. The summed E-state index contributed by atoms with van der Waals surface area (Å²) in [7, 11) is 3.65. The van der Waals surface area contributed by atoms with E-state index in [2.05, 4.69) is 27.4 Å². The molecule has 0 saturated carbocycles. The molecule has 78 valence electrons. The molecular weight excluding hydrogens is 162 g/mol. The van der Waals surface area contributed by atoms with Crippen molar-refractivity contribution < 1.29 is 4.84 Å². The lowest BCUT2D eigenvalue weighted by molar-refractivity contribution is -0.116. The van der Waals surface area contributed by atoms with Gasteiger partial charge in [-0.2, -0.15) is 5.06 Å². The molecule has 0 heterocycles. The van der Waals surface area contributed by atoms with Crippen LogP contribution in [-0.4, -0.2) is 25.8 Å². The summed E-state index contributed by atoms with van der Waals surface area (Å²) in [6, 6.07) is 0. The van der Waals surface area contributed by atoms with Gasteiger partial charge in [-0.15, -0.1) is 0 Å². The van der Waals surface area contributed by atoms with Gasteiger partial charge in [0.15, 0.2) is 0 Å². The Morgan fingerprint density at radius 2 is 2.00 bits per heavy atom. The van der Waals surface area contributed by atoms with Crippen LogP contribution in [-0.2, 0) is 4.84 Å². The molecule has 0 bridgehead atoms. The highest BCUT2D eigenvalue weighted by Gasteiger charge is 2.13. The van der Waals surface area contributed by atoms with E-state index in [0.717, 1.165) is 6.54 Å². The van der Waals surface area contributed by atoms with Gasteiger partial charge in [-0.3, -0.25) is 0 Å². The molecule has 1 atom stereocenters. The Balaban J connectivity index is 4.02. The van der Waals surface area contributed by atoms with Crippen molar-refractivity contribution in [3.05, 3.63) is 12.2 Å². The average molecular weight is 185 g/mol. The molecule has 0 fully saturated rings. The number of rotatable bonds is 6. The quantitative estimate of drug-likeness (QED) is 0.466. The van der Waals surface area contributed by atoms with E-state index in [-0.39, 0.29) is 0 Å². The Kier molecular flexibility index (Phi) is 6.00. The molecule has 0 rings (SSSR count). The fraction of sp³-hybridized carbons (Fsp3) is 0.818. The minimum absolute atomic E-state index is 0.546. The second-order valence-electron chi connectivity index (χ2n) is 4.17. The molecule has 0 amide bonds. The van der Waals surface area contributed by atoms with Crippen LogP contribution in [0.4, 0.5) is 0 Å².